The highest BCUT2D eigenvalue weighted by atomic mass is 32.2. The molecular weight excluding hydrogens is 518 g/mol. The second-order valence-electron chi connectivity index (χ2n) is 10.2. The van der Waals surface area contributed by atoms with Gasteiger partial charge in [-0.15, -0.1) is 5.10 Å². The van der Waals surface area contributed by atoms with Crippen LogP contribution in [0.4, 0.5) is 0 Å². The lowest BCUT2D eigenvalue weighted by Crippen LogP contribution is -2.49. The molecule has 210 valence electrons. The predicted octanol–water partition coefficient (Wildman–Crippen LogP) is 3.07. The van der Waals surface area contributed by atoms with E-state index in [4.69, 9.17) is 9.47 Å². The standard InChI is InChI=1S/C28H37N5O5S/c1-21(2)27-28(34)31(18-26-19-32(30-29-26)13-15-38-20-37-4)14-16-39(35,36)33(27)17-23-7-11-25(12-8-23)24-9-5-22(3)6-10-24/h5-12,19,21,27H,13-18,20H2,1-4H3. The van der Waals surface area contributed by atoms with Gasteiger partial charge in [0.05, 0.1) is 31.6 Å². The molecule has 1 aromatic heterocycles. The van der Waals surface area contributed by atoms with Gasteiger partial charge in [0.1, 0.15) is 18.5 Å². The van der Waals surface area contributed by atoms with Crippen LogP contribution >= 0.6 is 0 Å². The molecule has 1 aliphatic heterocycles. The van der Waals surface area contributed by atoms with Crippen LogP contribution in [-0.2, 0) is 43.9 Å². The van der Waals surface area contributed by atoms with Crippen molar-refractivity contribution in [3.63, 3.8) is 0 Å². The minimum Gasteiger partial charge on any atom is -0.359 e. The summed E-state index contributed by atoms with van der Waals surface area (Å²) in [7, 11) is -2.13. The van der Waals surface area contributed by atoms with E-state index >= 15 is 0 Å². The quantitative estimate of drug-likeness (QED) is 0.264. The molecule has 0 N–H and O–H groups in total. The molecule has 0 bridgehead atoms. The molecule has 11 heteroatoms. The molecule has 3 aromatic rings. The lowest BCUT2D eigenvalue weighted by molar-refractivity contribution is -0.136. The molecule has 39 heavy (non-hydrogen) atoms. The molecule has 1 atom stereocenters. The zero-order chi connectivity index (χ0) is 28.0. The normalized spacial score (nSPS) is 18.0. The number of hydrogen-bond acceptors (Lipinski definition) is 7. The van der Waals surface area contributed by atoms with Crippen molar-refractivity contribution in [3.05, 3.63) is 71.5 Å². The third-order valence-corrected chi connectivity index (χ3v) is 8.53. The topological polar surface area (TPSA) is 107 Å². The summed E-state index contributed by atoms with van der Waals surface area (Å²) in [6.45, 7) is 7.33. The summed E-state index contributed by atoms with van der Waals surface area (Å²) in [5, 5.41) is 8.27. The number of carbonyl (C=O) groups is 1. The van der Waals surface area contributed by atoms with Gasteiger partial charge in [-0.2, -0.15) is 4.31 Å². The van der Waals surface area contributed by atoms with E-state index in [1.165, 1.54) is 9.87 Å². The van der Waals surface area contributed by atoms with Crippen molar-refractivity contribution in [2.75, 3.05) is 32.8 Å². The maximum atomic E-state index is 13.7. The molecule has 1 fully saturated rings. The van der Waals surface area contributed by atoms with Crippen LogP contribution in [0.15, 0.2) is 54.7 Å². The number of carbonyl (C=O) groups excluding carboxylic acids is 1. The van der Waals surface area contributed by atoms with Crippen LogP contribution in [0.3, 0.4) is 0 Å². The number of hydrogen-bond donors (Lipinski definition) is 0. The zero-order valence-corrected chi connectivity index (χ0v) is 23.8. The molecule has 1 amide bonds. The van der Waals surface area contributed by atoms with E-state index in [1.807, 2.05) is 45.0 Å². The van der Waals surface area contributed by atoms with Gasteiger partial charge in [0, 0.05) is 20.2 Å². The molecule has 0 saturated carbocycles. The van der Waals surface area contributed by atoms with E-state index in [-0.39, 0.29) is 44.0 Å². The van der Waals surface area contributed by atoms with E-state index in [0.29, 0.717) is 18.8 Å². The van der Waals surface area contributed by atoms with Crippen molar-refractivity contribution in [2.24, 2.45) is 5.92 Å². The maximum Gasteiger partial charge on any atom is 0.241 e. The van der Waals surface area contributed by atoms with E-state index < -0.39 is 16.1 Å². The Morgan fingerprint density at radius 1 is 1.03 bits per heavy atom. The van der Waals surface area contributed by atoms with Crippen LogP contribution < -0.4 is 0 Å². The molecule has 1 unspecified atom stereocenters. The number of nitrogens with zero attached hydrogens (tertiary/aromatic N) is 5. The molecule has 0 spiro atoms. The molecule has 1 saturated heterocycles. The van der Waals surface area contributed by atoms with E-state index in [2.05, 4.69) is 34.6 Å². The Morgan fingerprint density at radius 2 is 1.69 bits per heavy atom. The Kier molecular flexibility index (Phi) is 9.49. The second-order valence-corrected chi connectivity index (χ2v) is 12.2. The molecule has 0 aliphatic carbocycles. The lowest BCUT2D eigenvalue weighted by atomic mass is 10.0. The average Bonchev–Trinajstić information content (AvgIpc) is 3.33. The van der Waals surface area contributed by atoms with Crippen LogP contribution in [0.1, 0.15) is 30.7 Å². The number of benzene rings is 2. The Balaban J connectivity index is 1.49. The molecular formula is C28H37N5O5S. The van der Waals surface area contributed by atoms with Gasteiger partial charge in [0.25, 0.3) is 0 Å². The van der Waals surface area contributed by atoms with E-state index in [9.17, 15) is 13.2 Å². The van der Waals surface area contributed by atoms with Gasteiger partial charge in [-0.25, -0.2) is 13.1 Å². The number of amides is 1. The summed E-state index contributed by atoms with van der Waals surface area (Å²) >= 11 is 0. The SMILES string of the molecule is COCOCCn1cc(CN2CCS(=O)(=O)N(Cc3ccc(-c4ccc(C)cc4)cc3)C(C(C)C)C2=O)nn1. The number of methoxy groups -OCH3 is 1. The van der Waals surface area contributed by atoms with Crippen LogP contribution in [0, 0.1) is 12.8 Å². The minimum atomic E-state index is -3.69. The van der Waals surface area contributed by atoms with Crippen LogP contribution in [-0.4, -0.2) is 77.4 Å². The highest BCUT2D eigenvalue weighted by Gasteiger charge is 2.42. The summed E-state index contributed by atoms with van der Waals surface area (Å²) in [6.07, 6.45) is 1.75. The van der Waals surface area contributed by atoms with Gasteiger partial charge >= 0.3 is 0 Å². The molecule has 4 rings (SSSR count). The monoisotopic (exact) mass is 555 g/mol. The largest absolute Gasteiger partial charge is 0.359 e. The molecule has 1 aliphatic rings. The van der Waals surface area contributed by atoms with Crippen molar-refractivity contribution in [1.82, 2.24) is 24.2 Å². The third kappa shape index (κ3) is 7.30. The van der Waals surface area contributed by atoms with Gasteiger partial charge in [-0.05, 0) is 29.5 Å². The predicted molar refractivity (Wildman–Crippen MR) is 148 cm³/mol. The first-order valence-electron chi connectivity index (χ1n) is 13.1. The number of sulfonamides is 1. The number of ether oxygens (including phenoxy) is 2. The van der Waals surface area contributed by atoms with E-state index in [0.717, 1.165) is 16.7 Å². The van der Waals surface area contributed by atoms with Gasteiger partial charge in [-0.1, -0.05) is 73.2 Å². The summed E-state index contributed by atoms with van der Waals surface area (Å²) in [4.78, 5) is 15.3. The van der Waals surface area contributed by atoms with Crippen LogP contribution in [0.2, 0.25) is 0 Å². The fourth-order valence-corrected chi connectivity index (χ4v) is 6.36. The maximum absolute atomic E-state index is 13.7. The van der Waals surface area contributed by atoms with Crippen molar-refractivity contribution in [2.45, 2.75) is 46.4 Å². The number of aromatic nitrogens is 3. The Labute approximate surface area is 230 Å². The van der Waals surface area contributed by atoms with Crippen molar-refractivity contribution in [1.29, 1.82) is 0 Å². The molecule has 2 aromatic carbocycles. The lowest BCUT2D eigenvalue weighted by Gasteiger charge is -2.32. The number of aryl methyl sites for hydroxylation is 1. The van der Waals surface area contributed by atoms with Crippen molar-refractivity contribution >= 4 is 15.9 Å². The highest BCUT2D eigenvalue weighted by molar-refractivity contribution is 7.89. The summed E-state index contributed by atoms with van der Waals surface area (Å²) in [5.74, 6) is -0.587. The fraction of sp³-hybridized carbons (Fsp3) is 0.464. The summed E-state index contributed by atoms with van der Waals surface area (Å²) in [6, 6.07) is 15.3. The zero-order valence-electron chi connectivity index (χ0n) is 23.0. The third-order valence-electron chi connectivity index (χ3n) is 6.76. The molecule has 2 heterocycles. The Bertz CT molecular complexity index is 1340. The molecule has 0 radical (unpaired) electrons. The van der Waals surface area contributed by atoms with Crippen LogP contribution in [0.25, 0.3) is 11.1 Å². The van der Waals surface area contributed by atoms with Crippen molar-refractivity contribution < 1.29 is 22.7 Å². The van der Waals surface area contributed by atoms with Gasteiger partial charge in [0.2, 0.25) is 15.9 Å². The van der Waals surface area contributed by atoms with Gasteiger partial charge in [-0.3, -0.25) is 4.79 Å². The smallest absolute Gasteiger partial charge is 0.241 e. The minimum absolute atomic E-state index is 0.0943. The fourth-order valence-electron chi connectivity index (χ4n) is 4.65. The first kappa shape index (κ1) is 28.9. The first-order chi connectivity index (χ1) is 18.7. The van der Waals surface area contributed by atoms with Gasteiger partial charge in [0.15, 0.2) is 0 Å². The second kappa shape index (κ2) is 12.8. The van der Waals surface area contributed by atoms with E-state index in [1.54, 1.807) is 22.9 Å². The average molecular weight is 556 g/mol. The molecule has 10 nitrogen and oxygen atoms in total. The Morgan fingerprint density at radius 3 is 2.33 bits per heavy atom. The number of rotatable bonds is 11. The summed E-state index contributed by atoms with van der Waals surface area (Å²) in [5.41, 5.74) is 4.77. The first-order valence-corrected chi connectivity index (χ1v) is 14.7. The van der Waals surface area contributed by atoms with Gasteiger partial charge < -0.3 is 14.4 Å². The highest BCUT2D eigenvalue weighted by Crippen LogP contribution is 2.27. The van der Waals surface area contributed by atoms with Crippen molar-refractivity contribution in [3.8, 4) is 11.1 Å². The Hall–Kier alpha value is -3.12. The summed E-state index contributed by atoms with van der Waals surface area (Å²) < 4.78 is 40.1. The van der Waals surface area contributed by atoms with Crippen LogP contribution in [0.5, 0.6) is 0 Å².